The number of nitrogens with one attached hydrogen (secondary N) is 1. The maximum atomic E-state index is 5.75. The summed E-state index contributed by atoms with van der Waals surface area (Å²) in [5.74, 6) is 0.979. The molecule has 0 saturated carbocycles. The molecule has 1 unspecified atom stereocenters. The maximum Gasteiger partial charge on any atom is 0.340 e. The Hall–Kier alpha value is -0.626. The molecular weight excluding hydrogens is 318 g/mol. The summed E-state index contributed by atoms with van der Waals surface area (Å²) in [6, 6.07) is 6.67. The first-order chi connectivity index (χ1) is 10.6. The van der Waals surface area contributed by atoms with E-state index in [-0.39, 0.29) is 0 Å². The Morgan fingerprint density at radius 3 is 1.65 bits per heavy atom. The van der Waals surface area contributed by atoms with Crippen LogP contribution in [0.3, 0.4) is 0 Å². The molecule has 1 N–H and O–H groups in total. The number of hydrogen-bond acceptors (Lipinski definition) is 3. The minimum atomic E-state index is -1.76. The Labute approximate surface area is 145 Å². The number of para-hydroxylation sites is 1. The lowest BCUT2D eigenvalue weighted by molar-refractivity contribution is 0.276. The highest BCUT2D eigenvalue weighted by molar-refractivity contribution is 6.87. The smallest absolute Gasteiger partial charge is 0.340 e. The van der Waals surface area contributed by atoms with E-state index in [2.05, 4.69) is 70.9 Å². The molecule has 0 amide bonds. The average Bonchev–Trinajstić information content (AvgIpc) is 2.45. The van der Waals surface area contributed by atoms with Crippen LogP contribution in [0, 0.1) is 0 Å². The molecule has 0 aliphatic rings. The summed E-state index contributed by atoms with van der Waals surface area (Å²) in [6.45, 7) is 16.2. The zero-order valence-corrected chi connectivity index (χ0v) is 18.5. The van der Waals surface area contributed by atoms with Crippen molar-refractivity contribution in [3.05, 3.63) is 29.3 Å². The van der Waals surface area contributed by atoms with Gasteiger partial charge in [0, 0.05) is 19.9 Å². The van der Waals surface area contributed by atoms with Crippen molar-refractivity contribution in [2.75, 3.05) is 19.5 Å². The van der Waals surface area contributed by atoms with Crippen molar-refractivity contribution in [3.63, 3.8) is 0 Å². The third-order valence-corrected chi connectivity index (χ3v) is 11.8. The van der Waals surface area contributed by atoms with Gasteiger partial charge in [-0.1, -0.05) is 65.5 Å². The van der Waals surface area contributed by atoms with Gasteiger partial charge in [-0.15, -0.1) is 0 Å². The predicted octanol–water partition coefficient (Wildman–Crippen LogP) is 4.64. The maximum absolute atomic E-state index is 5.75. The van der Waals surface area contributed by atoms with Gasteiger partial charge in [0.1, 0.15) is 0 Å². The predicted molar refractivity (Wildman–Crippen MR) is 107 cm³/mol. The fourth-order valence-corrected chi connectivity index (χ4v) is 8.63. The van der Waals surface area contributed by atoms with Crippen molar-refractivity contribution < 1.29 is 8.85 Å². The molecule has 1 aromatic carbocycles. The van der Waals surface area contributed by atoms with Crippen LogP contribution < -0.4 is 5.32 Å². The van der Waals surface area contributed by atoms with Crippen molar-refractivity contribution >= 4 is 23.0 Å². The van der Waals surface area contributed by atoms with Crippen LogP contribution in [-0.4, -0.2) is 36.9 Å². The molecule has 0 spiro atoms. The summed E-state index contributed by atoms with van der Waals surface area (Å²) < 4.78 is 11.5. The van der Waals surface area contributed by atoms with E-state index in [1.165, 1.54) is 16.8 Å². The van der Waals surface area contributed by atoms with E-state index in [4.69, 9.17) is 8.85 Å². The van der Waals surface area contributed by atoms with Crippen molar-refractivity contribution in [2.24, 2.45) is 0 Å². The van der Waals surface area contributed by atoms with Gasteiger partial charge in [0.2, 0.25) is 0 Å². The monoisotopic (exact) mass is 353 g/mol. The standard InChI is InChI=1S/C18H35NO2Si2/c1-13(2)15-11-10-12-16(14(3)4)17(15)19-18(23(7,8)9)22(20-5)21-6/h10-14,18-19,22H,1-9H3. The van der Waals surface area contributed by atoms with Crippen LogP contribution >= 0.6 is 0 Å². The van der Waals surface area contributed by atoms with Gasteiger partial charge in [0.25, 0.3) is 0 Å². The van der Waals surface area contributed by atoms with Crippen LogP contribution in [0.5, 0.6) is 0 Å². The minimum absolute atomic E-state index is 0.329. The van der Waals surface area contributed by atoms with E-state index in [0.717, 1.165) is 0 Å². The zero-order chi connectivity index (χ0) is 17.8. The normalized spacial score (nSPS) is 13.9. The van der Waals surface area contributed by atoms with Gasteiger partial charge < -0.3 is 14.2 Å². The number of benzene rings is 1. The van der Waals surface area contributed by atoms with E-state index >= 15 is 0 Å². The lowest BCUT2D eigenvalue weighted by Gasteiger charge is -2.36. The van der Waals surface area contributed by atoms with E-state index in [0.29, 0.717) is 17.1 Å². The van der Waals surface area contributed by atoms with Crippen molar-refractivity contribution in [1.29, 1.82) is 0 Å². The summed E-state index contributed by atoms with van der Waals surface area (Å²) >= 11 is 0. The number of hydrogen-bond donors (Lipinski definition) is 1. The van der Waals surface area contributed by atoms with Crippen LogP contribution in [0.1, 0.15) is 50.7 Å². The molecule has 0 aromatic heterocycles. The fourth-order valence-electron chi connectivity index (χ4n) is 2.93. The van der Waals surface area contributed by atoms with Gasteiger partial charge in [0.05, 0.1) is 13.4 Å². The second-order valence-electron chi connectivity index (χ2n) is 7.95. The van der Waals surface area contributed by atoms with E-state index in [1.807, 2.05) is 0 Å². The largest absolute Gasteiger partial charge is 0.399 e. The second-order valence-corrected chi connectivity index (χ2v) is 16.3. The third-order valence-electron chi connectivity index (χ3n) is 4.34. The molecular formula is C18H35NO2Si2. The molecule has 1 rings (SSSR count). The Kier molecular flexibility index (Phi) is 7.52. The first kappa shape index (κ1) is 20.4. The highest BCUT2D eigenvalue weighted by Crippen LogP contribution is 2.34. The molecule has 0 saturated heterocycles. The highest BCUT2D eigenvalue weighted by atomic mass is 28.4. The molecule has 3 nitrogen and oxygen atoms in total. The first-order valence-electron chi connectivity index (χ1n) is 8.58. The van der Waals surface area contributed by atoms with Crippen LogP contribution in [0.4, 0.5) is 5.69 Å². The van der Waals surface area contributed by atoms with E-state index in [1.54, 1.807) is 14.2 Å². The van der Waals surface area contributed by atoms with Crippen LogP contribution in [0.2, 0.25) is 19.6 Å². The lowest BCUT2D eigenvalue weighted by Crippen LogP contribution is -2.56. The molecule has 0 aliphatic heterocycles. The Bertz CT molecular complexity index is 468. The topological polar surface area (TPSA) is 30.5 Å². The van der Waals surface area contributed by atoms with Crippen molar-refractivity contribution in [2.45, 2.75) is 64.5 Å². The quantitative estimate of drug-likeness (QED) is 0.690. The Morgan fingerprint density at radius 2 is 1.35 bits per heavy atom. The summed E-state index contributed by atoms with van der Waals surface area (Å²) in [6.07, 6.45) is 0. The van der Waals surface area contributed by atoms with Gasteiger partial charge >= 0.3 is 9.28 Å². The molecule has 0 heterocycles. The van der Waals surface area contributed by atoms with E-state index < -0.39 is 17.4 Å². The molecule has 1 atom stereocenters. The Balaban J connectivity index is 3.37. The molecule has 23 heavy (non-hydrogen) atoms. The molecule has 1 aromatic rings. The summed E-state index contributed by atoms with van der Waals surface area (Å²) in [4.78, 5) is 0. The van der Waals surface area contributed by atoms with Gasteiger partial charge in [-0.3, -0.25) is 0 Å². The fraction of sp³-hybridized carbons (Fsp3) is 0.667. The minimum Gasteiger partial charge on any atom is -0.399 e. The van der Waals surface area contributed by atoms with E-state index in [9.17, 15) is 0 Å². The summed E-state index contributed by atoms with van der Waals surface area (Å²) in [5, 5.41) is 4.22. The molecule has 0 radical (unpaired) electrons. The number of rotatable bonds is 8. The molecule has 5 heteroatoms. The number of anilines is 1. The van der Waals surface area contributed by atoms with Gasteiger partial charge in [0.15, 0.2) is 0 Å². The Morgan fingerprint density at radius 1 is 0.913 bits per heavy atom. The average molecular weight is 354 g/mol. The second kappa shape index (κ2) is 8.47. The highest BCUT2D eigenvalue weighted by Gasteiger charge is 2.37. The van der Waals surface area contributed by atoms with Gasteiger partial charge in [-0.25, -0.2) is 0 Å². The SMILES string of the molecule is CO[SiH](OC)C(Nc1c(C(C)C)cccc1C(C)C)[Si](C)(C)C. The zero-order valence-electron chi connectivity index (χ0n) is 16.4. The molecule has 132 valence electrons. The molecule has 0 bridgehead atoms. The summed E-state index contributed by atoms with van der Waals surface area (Å²) in [5.41, 5.74) is 4.08. The van der Waals surface area contributed by atoms with Gasteiger partial charge in [-0.05, 0) is 23.0 Å². The lowest BCUT2D eigenvalue weighted by atomic mass is 9.93. The summed E-state index contributed by atoms with van der Waals surface area (Å²) in [7, 11) is 0.325. The van der Waals surface area contributed by atoms with Crippen LogP contribution in [-0.2, 0) is 8.85 Å². The molecule has 0 fully saturated rings. The molecule has 0 aliphatic carbocycles. The third kappa shape index (κ3) is 5.17. The van der Waals surface area contributed by atoms with Crippen molar-refractivity contribution in [3.8, 4) is 0 Å². The van der Waals surface area contributed by atoms with Crippen LogP contribution in [0.25, 0.3) is 0 Å². The van der Waals surface area contributed by atoms with Crippen LogP contribution in [0.15, 0.2) is 18.2 Å². The van der Waals surface area contributed by atoms with Crippen molar-refractivity contribution in [1.82, 2.24) is 0 Å². The first-order valence-corrected chi connectivity index (χ1v) is 13.8. The van der Waals surface area contributed by atoms with Gasteiger partial charge in [-0.2, -0.15) is 0 Å².